The highest BCUT2D eigenvalue weighted by Crippen LogP contribution is 2.25. The van der Waals surface area contributed by atoms with Gasteiger partial charge >= 0.3 is 0 Å². The molecule has 1 fully saturated rings. The van der Waals surface area contributed by atoms with Gasteiger partial charge in [-0.1, -0.05) is 23.7 Å². The number of carbonyl (C=O) groups is 1. The van der Waals surface area contributed by atoms with Crippen LogP contribution in [0.15, 0.2) is 41.5 Å². The highest BCUT2D eigenvalue weighted by atomic mass is 35.5. The van der Waals surface area contributed by atoms with Gasteiger partial charge in [0, 0.05) is 30.9 Å². The van der Waals surface area contributed by atoms with Crippen LogP contribution in [0.3, 0.4) is 0 Å². The van der Waals surface area contributed by atoms with Crippen molar-refractivity contribution in [2.75, 3.05) is 13.1 Å². The van der Waals surface area contributed by atoms with E-state index in [0.29, 0.717) is 35.2 Å². The van der Waals surface area contributed by atoms with Crippen molar-refractivity contribution < 1.29 is 4.79 Å². The van der Waals surface area contributed by atoms with Crippen molar-refractivity contribution in [3.63, 3.8) is 0 Å². The summed E-state index contributed by atoms with van der Waals surface area (Å²) in [5, 5.41) is 0.523. The Bertz CT molecular complexity index is 767. The highest BCUT2D eigenvalue weighted by Gasteiger charge is 2.23. The van der Waals surface area contributed by atoms with Crippen molar-refractivity contribution in [3.8, 4) is 0 Å². The second-order valence-corrected chi connectivity index (χ2v) is 6.60. The molecule has 2 heterocycles. The lowest BCUT2D eigenvalue weighted by molar-refractivity contribution is 0.0924. The molecule has 5 nitrogen and oxygen atoms in total. The Hall–Kier alpha value is -1.98. The summed E-state index contributed by atoms with van der Waals surface area (Å²) in [6.07, 6.45) is 5.56. The molecule has 1 saturated heterocycles. The lowest BCUT2D eigenvalue weighted by Gasteiger charge is -2.31. The number of halogens is 1. The number of hydrogen-bond donors (Lipinski definition) is 1. The molecule has 24 heavy (non-hydrogen) atoms. The van der Waals surface area contributed by atoms with Crippen LogP contribution in [-0.2, 0) is 6.54 Å². The van der Waals surface area contributed by atoms with E-state index >= 15 is 0 Å². The molecule has 1 N–H and O–H groups in total. The maximum Gasteiger partial charge on any atom is 0.270 e. The number of rotatable bonds is 5. The molecule has 1 aromatic carbocycles. The fraction of sp³-hybridized carbons (Fsp3) is 0.389. The van der Waals surface area contributed by atoms with E-state index in [9.17, 15) is 9.59 Å². The minimum atomic E-state index is -0.131. The van der Waals surface area contributed by atoms with Gasteiger partial charge in [-0.15, -0.1) is 0 Å². The second-order valence-electron chi connectivity index (χ2n) is 6.19. The maximum absolute atomic E-state index is 12.4. The predicted molar refractivity (Wildman–Crippen MR) is 93.3 cm³/mol. The highest BCUT2D eigenvalue weighted by molar-refractivity contribution is 6.33. The predicted octanol–water partition coefficient (Wildman–Crippen LogP) is 2.91. The first-order valence-corrected chi connectivity index (χ1v) is 8.54. The lowest BCUT2D eigenvalue weighted by Crippen LogP contribution is -2.35. The summed E-state index contributed by atoms with van der Waals surface area (Å²) in [5.74, 6) is 0.479. The maximum atomic E-state index is 12.4. The number of H-pyrrole nitrogens is 1. The number of nitrogens with one attached hydrogen (secondary N) is 1. The molecule has 1 aromatic heterocycles. The molecule has 0 radical (unpaired) electrons. The molecule has 0 spiro atoms. The SMILES string of the molecule is O=C(CC1CCN(Cc2ncc[nH]c2=O)CC1)c1ccccc1Cl. The van der Waals surface area contributed by atoms with Crippen LogP contribution in [0.4, 0.5) is 0 Å². The van der Waals surface area contributed by atoms with Crippen LogP contribution in [0.1, 0.15) is 35.3 Å². The first-order chi connectivity index (χ1) is 11.6. The quantitative estimate of drug-likeness (QED) is 0.846. The molecule has 0 aliphatic carbocycles. The normalized spacial score (nSPS) is 16.2. The van der Waals surface area contributed by atoms with Gasteiger partial charge in [0.05, 0.1) is 5.02 Å². The van der Waals surface area contributed by atoms with Crippen molar-refractivity contribution in [2.24, 2.45) is 5.92 Å². The summed E-state index contributed by atoms with van der Waals surface area (Å²) in [4.78, 5) is 33.1. The third kappa shape index (κ3) is 4.10. The van der Waals surface area contributed by atoms with Gasteiger partial charge in [-0.05, 0) is 44.0 Å². The molecule has 0 saturated carbocycles. The number of nitrogens with zero attached hydrogens (tertiary/aromatic N) is 2. The Kier molecular flexibility index (Phi) is 5.43. The van der Waals surface area contributed by atoms with E-state index < -0.39 is 0 Å². The topological polar surface area (TPSA) is 66.1 Å². The Morgan fingerprint density at radius 3 is 2.75 bits per heavy atom. The molecule has 126 valence electrons. The van der Waals surface area contributed by atoms with Gasteiger partial charge in [0.2, 0.25) is 0 Å². The van der Waals surface area contributed by atoms with E-state index in [1.54, 1.807) is 24.5 Å². The summed E-state index contributed by atoms with van der Waals surface area (Å²) in [6, 6.07) is 7.21. The minimum Gasteiger partial charge on any atom is -0.326 e. The number of aromatic amines is 1. The zero-order valence-electron chi connectivity index (χ0n) is 13.4. The van der Waals surface area contributed by atoms with Crippen molar-refractivity contribution in [1.82, 2.24) is 14.9 Å². The largest absolute Gasteiger partial charge is 0.326 e. The summed E-state index contributed by atoms with van der Waals surface area (Å²) in [6.45, 7) is 2.30. The van der Waals surface area contributed by atoms with E-state index in [1.165, 1.54) is 0 Å². The number of Topliss-reactive ketones (excluding diaryl/α,β-unsaturated/α-hetero) is 1. The summed E-state index contributed by atoms with van der Waals surface area (Å²) in [7, 11) is 0. The van der Waals surface area contributed by atoms with Crippen LogP contribution < -0.4 is 5.56 Å². The fourth-order valence-corrected chi connectivity index (χ4v) is 3.36. The smallest absolute Gasteiger partial charge is 0.270 e. The molecule has 0 bridgehead atoms. The van der Waals surface area contributed by atoms with E-state index in [4.69, 9.17) is 11.6 Å². The van der Waals surface area contributed by atoms with Gasteiger partial charge in [0.15, 0.2) is 5.78 Å². The molecule has 6 heteroatoms. The summed E-state index contributed by atoms with van der Waals surface area (Å²) in [5.41, 5.74) is 1.03. The van der Waals surface area contributed by atoms with E-state index in [1.807, 2.05) is 12.1 Å². The van der Waals surface area contributed by atoms with Crippen molar-refractivity contribution >= 4 is 17.4 Å². The number of benzene rings is 1. The van der Waals surface area contributed by atoms with Gasteiger partial charge in [-0.25, -0.2) is 0 Å². The molecular formula is C18H20ClN3O2. The third-order valence-corrected chi connectivity index (χ3v) is 4.84. The third-order valence-electron chi connectivity index (χ3n) is 4.51. The van der Waals surface area contributed by atoms with E-state index in [-0.39, 0.29) is 11.3 Å². The molecular weight excluding hydrogens is 326 g/mol. The Labute approximate surface area is 145 Å². The second kappa shape index (κ2) is 7.73. The Balaban J connectivity index is 1.52. The first kappa shape index (κ1) is 16.9. The number of aromatic nitrogens is 2. The number of hydrogen-bond acceptors (Lipinski definition) is 4. The minimum absolute atomic E-state index is 0.111. The molecule has 1 aliphatic heterocycles. The standard InChI is InChI=1S/C18H20ClN3O2/c19-15-4-2-1-3-14(15)17(23)11-13-5-9-22(10-6-13)12-16-18(24)21-8-7-20-16/h1-4,7-8,13H,5-6,9-12H2,(H,21,24). The number of piperidine rings is 1. The fourth-order valence-electron chi connectivity index (χ4n) is 3.11. The molecule has 2 aromatic rings. The number of likely N-dealkylation sites (tertiary alicyclic amines) is 1. The number of carbonyl (C=O) groups excluding carboxylic acids is 1. The van der Waals surface area contributed by atoms with Crippen molar-refractivity contribution in [2.45, 2.75) is 25.8 Å². The van der Waals surface area contributed by atoms with Crippen LogP contribution in [0, 0.1) is 5.92 Å². The zero-order chi connectivity index (χ0) is 16.9. The molecule has 0 atom stereocenters. The monoisotopic (exact) mass is 345 g/mol. The van der Waals surface area contributed by atoms with E-state index in [2.05, 4.69) is 14.9 Å². The zero-order valence-corrected chi connectivity index (χ0v) is 14.1. The molecule has 1 aliphatic rings. The van der Waals surface area contributed by atoms with Gasteiger partial charge in [-0.3, -0.25) is 19.5 Å². The Morgan fingerprint density at radius 2 is 2.04 bits per heavy atom. The van der Waals surface area contributed by atoms with Crippen LogP contribution in [0.25, 0.3) is 0 Å². The average Bonchev–Trinajstić information content (AvgIpc) is 2.59. The average molecular weight is 346 g/mol. The van der Waals surface area contributed by atoms with Crippen molar-refractivity contribution in [1.29, 1.82) is 0 Å². The van der Waals surface area contributed by atoms with Crippen LogP contribution >= 0.6 is 11.6 Å². The van der Waals surface area contributed by atoms with Gasteiger partial charge in [0.1, 0.15) is 5.69 Å². The van der Waals surface area contributed by atoms with E-state index in [0.717, 1.165) is 25.9 Å². The summed E-state index contributed by atoms with van der Waals surface area (Å²) >= 11 is 6.10. The molecule has 3 rings (SSSR count). The van der Waals surface area contributed by atoms with Crippen LogP contribution in [0.5, 0.6) is 0 Å². The van der Waals surface area contributed by atoms with Crippen LogP contribution in [-0.4, -0.2) is 33.7 Å². The molecule has 0 amide bonds. The lowest BCUT2D eigenvalue weighted by atomic mass is 9.90. The van der Waals surface area contributed by atoms with Crippen molar-refractivity contribution in [3.05, 3.63) is 63.3 Å². The first-order valence-electron chi connectivity index (χ1n) is 8.16. The number of ketones is 1. The van der Waals surface area contributed by atoms with Gasteiger partial charge in [0.25, 0.3) is 5.56 Å². The van der Waals surface area contributed by atoms with Gasteiger partial charge < -0.3 is 4.98 Å². The molecule has 0 unspecified atom stereocenters. The Morgan fingerprint density at radius 1 is 1.29 bits per heavy atom. The summed E-state index contributed by atoms with van der Waals surface area (Å²) < 4.78 is 0. The van der Waals surface area contributed by atoms with Crippen LogP contribution in [0.2, 0.25) is 5.02 Å². The van der Waals surface area contributed by atoms with Gasteiger partial charge in [-0.2, -0.15) is 0 Å².